The van der Waals surface area contributed by atoms with E-state index >= 15 is 0 Å². The molecule has 0 aliphatic carbocycles. The van der Waals surface area contributed by atoms with Crippen LogP contribution in [-0.4, -0.2) is 60.3 Å². The molecule has 1 atom stereocenters. The highest BCUT2D eigenvalue weighted by molar-refractivity contribution is 6.30. The van der Waals surface area contributed by atoms with E-state index in [9.17, 15) is 9.59 Å². The number of carbonyl (C=O) groups excluding carboxylic acids is 2. The number of nitrogens with zero attached hydrogens (tertiary/aromatic N) is 3. The summed E-state index contributed by atoms with van der Waals surface area (Å²) in [5.41, 5.74) is 0.864. The van der Waals surface area contributed by atoms with Crippen LogP contribution in [-0.2, 0) is 9.47 Å². The van der Waals surface area contributed by atoms with Gasteiger partial charge in [-0.3, -0.25) is 14.7 Å². The smallest absolute Gasteiger partial charge is 0.415 e. The van der Waals surface area contributed by atoms with Gasteiger partial charge in [0.05, 0.1) is 37.4 Å². The predicted molar refractivity (Wildman–Crippen MR) is 116 cm³/mol. The second-order valence-corrected chi connectivity index (χ2v) is 8.21. The van der Waals surface area contributed by atoms with Crippen molar-refractivity contribution in [3.63, 3.8) is 0 Å². The van der Waals surface area contributed by atoms with Gasteiger partial charge in [-0.2, -0.15) is 0 Å². The van der Waals surface area contributed by atoms with Gasteiger partial charge in [-0.05, 0) is 30.3 Å². The van der Waals surface area contributed by atoms with Crippen molar-refractivity contribution in [3.05, 3.63) is 71.4 Å². The number of rotatable bonds is 2. The average molecular weight is 438 g/mol. The second-order valence-electron chi connectivity index (χ2n) is 7.78. The standard InChI is InChI=1S/C23H20ClN3O4/c24-17-6-2-7-18(12-17)27-14-23(31-22(27)29)13-26(10-11-30-15-23)21(28)19-8-1-4-16-5-3-9-25-20(16)19/h1-9,12H,10-11,13-15H2. The number of fused-ring (bicyclic) bond motifs is 1. The second kappa shape index (κ2) is 7.83. The fourth-order valence-electron chi connectivity index (χ4n) is 4.15. The van der Waals surface area contributed by atoms with Crippen LogP contribution in [0.1, 0.15) is 10.4 Å². The van der Waals surface area contributed by atoms with Gasteiger partial charge in [-0.25, -0.2) is 4.79 Å². The molecule has 2 saturated heterocycles. The van der Waals surface area contributed by atoms with Crippen molar-refractivity contribution in [1.82, 2.24) is 9.88 Å². The molecule has 1 aromatic heterocycles. The minimum Gasteiger partial charge on any atom is -0.436 e. The molecule has 0 radical (unpaired) electrons. The lowest BCUT2D eigenvalue weighted by Gasteiger charge is -2.30. The highest BCUT2D eigenvalue weighted by atomic mass is 35.5. The molecule has 3 aromatic rings. The molecule has 1 spiro atoms. The maximum Gasteiger partial charge on any atom is 0.415 e. The van der Waals surface area contributed by atoms with Crippen LogP contribution >= 0.6 is 11.6 Å². The summed E-state index contributed by atoms with van der Waals surface area (Å²) < 4.78 is 11.5. The van der Waals surface area contributed by atoms with Crippen LogP contribution in [0.5, 0.6) is 0 Å². The molecule has 2 aliphatic rings. The van der Waals surface area contributed by atoms with E-state index in [-0.39, 0.29) is 25.6 Å². The fourth-order valence-corrected chi connectivity index (χ4v) is 4.33. The summed E-state index contributed by atoms with van der Waals surface area (Å²) in [5.74, 6) is -0.161. The molecule has 7 nitrogen and oxygen atoms in total. The number of aromatic nitrogens is 1. The minimum atomic E-state index is -0.955. The molecule has 0 saturated carbocycles. The Morgan fingerprint density at radius 2 is 1.94 bits per heavy atom. The number of carbonyl (C=O) groups is 2. The zero-order valence-corrected chi connectivity index (χ0v) is 17.4. The molecule has 2 aromatic carbocycles. The topological polar surface area (TPSA) is 72.0 Å². The highest BCUT2D eigenvalue weighted by Crippen LogP contribution is 2.32. The first-order chi connectivity index (χ1) is 15.0. The Labute approximate surface area is 184 Å². The van der Waals surface area contributed by atoms with Crippen LogP contribution in [0.2, 0.25) is 5.02 Å². The van der Waals surface area contributed by atoms with Crippen LogP contribution in [0, 0.1) is 0 Å². The van der Waals surface area contributed by atoms with E-state index in [0.717, 1.165) is 5.39 Å². The van der Waals surface area contributed by atoms with Crippen molar-refractivity contribution < 1.29 is 19.1 Å². The quantitative estimate of drug-likeness (QED) is 0.610. The molecular formula is C23H20ClN3O4. The van der Waals surface area contributed by atoms with Gasteiger partial charge in [-0.15, -0.1) is 0 Å². The summed E-state index contributed by atoms with van der Waals surface area (Å²) in [6, 6.07) is 16.3. The van der Waals surface area contributed by atoms with Gasteiger partial charge in [0.1, 0.15) is 0 Å². The first kappa shape index (κ1) is 19.8. The number of hydrogen-bond acceptors (Lipinski definition) is 5. The Kier molecular flexibility index (Phi) is 5.00. The zero-order chi connectivity index (χ0) is 21.4. The third kappa shape index (κ3) is 3.71. The Hall–Kier alpha value is -3.16. The normalized spacial score (nSPS) is 21.4. The molecule has 5 rings (SSSR count). The summed E-state index contributed by atoms with van der Waals surface area (Å²) in [7, 11) is 0. The largest absolute Gasteiger partial charge is 0.436 e. The van der Waals surface area contributed by atoms with Crippen LogP contribution in [0.15, 0.2) is 60.8 Å². The van der Waals surface area contributed by atoms with Crippen molar-refractivity contribution in [1.29, 1.82) is 0 Å². The van der Waals surface area contributed by atoms with Crippen molar-refractivity contribution >= 4 is 40.2 Å². The Bertz CT molecular complexity index is 1170. The molecular weight excluding hydrogens is 418 g/mol. The lowest BCUT2D eigenvalue weighted by atomic mass is 10.0. The van der Waals surface area contributed by atoms with Gasteiger partial charge in [0, 0.05) is 28.8 Å². The summed E-state index contributed by atoms with van der Waals surface area (Å²) in [5, 5.41) is 1.43. The molecule has 8 heteroatoms. The first-order valence-corrected chi connectivity index (χ1v) is 10.4. The highest BCUT2D eigenvalue weighted by Gasteiger charge is 2.49. The van der Waals surface area contributed by atoms with Crippen LogP contribution in [0.3, 0.4) is 0 Å². The molecule has 158 valence electrons. The lowest BCUT2D eigenvalue weighted by Crippen LogP contribution is -2.49. The predicted octanol–water partition coefficient (Wildman–Crippen LogP) is 3.76. The SMILES string of the molecule is O=C(c1cccc2cccnc12)N1CCOCC2(C1)CN(c1cccc(Cl)c1)C(=O)O2. The van der Waals surface area contributed by atoms with Crippen molar-refractivity contribution in [2.45, 2.75) is 5.60 Å². The monoisotopic (exact) mass is 437 g/mol. The van der Waals surface area contributed by atoms with Gasteiger partial charge in [0.15, 0.2) is 5.60 Å². The lowest BCUT2D eigenvalue weighted by molar-refractivity contribution is -0.0140. The van der Waals surface area contributed by atoms with E-state index in [1.165, 1.54) is 4.90 Å². The third-order valence-electron chi connectivity index (χ3n) is 5.59. The third-order valence-corrected chi connectivity index (χ3v) is 5.83. The average Bonchev–Trinajstić information content (AvgIpc) is 2.96. The molecule has 2 aliphatic heterocycles. The Morgan fingerprint density at radius 1 is 1.10 bits per heavy atom. The van der Waals surface area contributed by atoms with Crippen LogP contribution < -0.4 is 4.90 Å². The zero-order valence-electron chi connectivity index (χ0n) is 16.7. The summed E-state index contributed by atoms with van der Waals surface area (Å²) >= 11 is 6.09. The number of ether oxygens (including phenoxy) is 2. The Balaban J connectivity index is 1.43. The van der Waals surface area contributed by atoms with Gasteiger partial charge in [-0.1, -0.05) is 35.9 Å². The van der Waals surface area contributed by atoms with Gasteiger partial charge in [0.25, 0.3) is 5.91 Å². The van der Waals surface area contributed by atoms with E-state index in [4.69, 9.17) is 21.1 Å². The maximum atomic E-state index is 13.4. The van der Waals surface area contributed by atoms with Gasteiger partial charge >= 0.3 is 6.09 Å². The molecule has 1 unspecified atom stereocenters. The fraction of sp³-hybridized carbons (Fsp3) is 0.261. The maximum absolute atomic E-state index is 13.4. The minimum absolute atomic E-state index is 0.161. The summed E-state index contributed by atoms with van der Waals surface area (Å²) in [6.45, 7) is 1.48. The molecule has 2 amide bonds. The number of halogens is 1. The number of hydrogen-bond donors (Lipinski definition) is 0. The van der Waals surface area contributed by atoms with E-state index < -0.39 is 11.7 Å². The van der Waals surface area contributed by atoms with Crippen molar-refractivity contribution in [3.8, 4) is 0 Å². The molecule has 2 fully saturated rings. The van der Waals surface area contributed by atoms with Gasteiger partial charge < -0.3 is 14.4 Å². The van der Waals surface area contributed by atoms with E-state index in [2.05, 4.69) is 4.98 Å². The number of anilines is 1. The number of benzene rings is 2. The molecule has 31 heavy (non-hydrogen) atoms. The van der Waals surface area contributed by atoms with Crippen molar-refractivity contribution in [2.75, 3.05) is 37.7 Å². The van der Waals surface area contributed by atoms with Crippen LogP contribution in [0.4, 0.5) is 10.5 Å². The molecule has 0 bridgehead atoms. The van der Waals surface area contributed by atoms with Gasteiger partial charge in [0.2, 0.25) is 0 Å². The first-order valence-electron chi connectivity index (χ1n) is 10.0. The number of amides is 2. The van der Waals surface area contributed by atoms with E-state index in [1.54, 1.807) is 41.4 Å². The number of pyridine rings is 1. The van der Waals surface area contributed by atoms with E-state index in [0.29, 0.717) is 34.9 Å². The number of para-hydroxylation sites is 1. The molecule has 3 heterocycles. The molecule has 0 N–H and O–H groups in total. The summed E-state index contributed by atoms with van der Waals surface area (Å²) in [4.78, 5) is 33.7. The summed E-state index contributed by atoms with van der Waals surface area (Å²) in [6.07, 6.45) is 1.19. The van der Waals surface area contributed by atoms with Crippen LogP contribution in [0.25, 0.3) is 10.9 Å². The van der Waals surface area contributed by atoms with E-state index in [1.807, 2.05) is 24.3 Å². The Morgan fingerprint density at radius 3 is 2.81 bits per heavy atom. The van der Waals surface area contributed by atoms with Crippen molar-refractivity contribution in [2.24, 2.45) is 0 Å².